The van der Waals surface area contributed by atoms with Crippen LogP contribution in [0.1, 0.15) is 48.7 Å². The minimum Gasteiger partial charge on any atom is -0.306 e. The Morgan fingerprint density at radius 2 is 1.97 bits per heavy atom. The van der Waals surface area contributed by atoms with Crippen LogP contribution in [0.2, 0.25) is 10.0 Å². The third-order valence-corrected chi connectivity index (χ3v) is 6.62. The lowest BCUT2D eigenvalue weighted by Crippen LogP contribution is -2.26. The number of hydrogen-bond acceptors (Lipinski definition) is 3. The van der Waals surface area contributed by atoms with Crippen molar-refractivity contribution in [2.75, 3.05) is 5.32 Å². The third-order valence-electron chi connectivity index (χ3n) is 5.21. The molecule has 0 aliphatic heterocycles. The summed E-state index contributed by atoms with van der Waals surface area (Å²) in [5.74, 6) is -1.30. The van der Waals surface area contributed by atoms with Gasteiger partial charge in [0.15, 0.2) is 11.5 Å². The number of anilines is 1. The van der Waals surface area contributed by atoms with Crippen LogP contribution in [0.15, 0.2) is 28.9 Å². The van der Waals surface area contributed by atoms with E-state index >= 15 is 0 Å². The highest BCUT2D eigenvalue weighted by Gasteiger charge is 2.43. The molecule has 2 aromatic heterocycles. The van der Waals surface area contributed by atoms with Crippen LogP contribution in [0.3, 0.4) is 0 Å². The van der Waals surface area contributed by atoms with Gasteiger partial charge in [0.2, 0.25) is 5.91 Å². The molecule has 1 aliphatic carbocycles. The lowest BCUT2D eigenvalue weighted by molar-refractivity contribution is -0.142. The van der Waals surface area contributed by atoms with Crippen LogP contribution in [-0.4, -0.2) is 25.5 Å². The molecule has 176 valence electrons. The predicted molar refractivity (Wildman–Crippen MR) is 118 cm³/mol. The summed E-state index contributed by atoms with van der Waals surface area (Å²) >= 11 is 15.2. The average Bonchev–Trinajstić information content (AvgIpc) is 3.41. The molecule has 1 fully saturated rings. The van der Waals surface area contributed by atoms with Crippen molar-refractivity contribution in [2.24, 2.45) is 0 Å². The molecule has 0 saturated heterocycles. The lowest BCUT2D eigenvalue weighted by atomic mass is 10.2. The maximum atomic E-state index is 14.1. The number of nitrogens with one attached hydrogen (secondary N) is 1. The van der Waals surface area contributed by atoms with Gasteiger partial charge < -0.3 is 5.32 Å². The summed E-state index contributed by atoms with van der Waals surface area (Å²) < 4.78 is 56.4. The van der Waals surface area contributed by atoms with Gasteiger partial charge in [-0.05, 0) is 47.8 Å². The minimum atomic E-state index is -4.67. The number of halogens is 7. The van der Waals surface area contributed by atoms with Gasteiger partial charge in [-0.2, -0.15) is 23.4 Å². The highest BCUT2D eigenvalue weighted by Crippen LogP contribution is 2.47. The smallest absolute Gasteiger partial charge is 0.306 e. The van der Waals surface area contributed by atoms with E-state index in [-0.39, 0.29) is 38.4 Å². The second-order valence-electron chi connectivity index (χ2n) is 7.65. The summed E-state index contributed by atoms with van der Waals surface area (Å²) in [6, 6.07) is 3.18. The quantitative estimate of drug-likeness (QED) is 0.348. The van der Waals surface area contributed by atoms with E-state index in [1.165, 1.54) is 36.0 Å². The Bertz CT molecular complexity index is 1200. The monoisotopic (exact) mass is 567 g/mol. The van der Waals surface area contributed by atoms with E-state index in [4.69, 9.17) is 23.2 Å². The molecule has 1 aromatic carbocycles. The Morgan fingerprint density at radius 3 is 2.58 bits per heavy atom. The van der Waals surface area contributed by atoms with Crippen LogP contribution in [0.4, 0.5) is 23.4 Å². The summed E-state index contributed by atoms with van der Waals surface area (Å²) in [7, 11) is 0. The zero-order valence-electron chi connectivity index (χ0n) is 16.9. The van der Waals surface area contributed by atoms with E-state index in [9.17, 15) is 22.4 Å². The van der Waals surface area contributed by atoms with E-state index in [1.807, 2.05) is 0 Å². The molecule has 1 N–H and O–H groups in total. The summed E-state index contributed by atoms with van der Waals surface area (Å²) in [6.07, 6.45) is -1.86. The van der Waals surface area contributed by atoms with Crippen LogP contribution in [0.25, 0.3) is 0 Å². The lowest BCUT2D eigenvalue weighted by Gasteiger charge is -2.15. The SMILES string of the molecule is CC(C(=O)Nc1nn(Cc2c(F)cccc2Cl)cc1Cl)n1nc(C(F)(F)F)c(Br)c1C1CC1. The number of carbonyl (C=O) groups excluding carboxylic acids is 1. The Labute approximate surface area is 204 Å². The molecule has 13 heteroatoms. The molecule has 0 spiro atoms. The number of aromatic nitrogens is 4. The molecule has 6 nitrogen and oxygen atoms in total. The van der Waals surface area contributed by atoms with Crippen LogP contribution < -0.4 is 5.32 Å². The molecule has 2 heterocycles. The van der Waals surface area contributed by atoms with Crippen molar-refractivity contribution < 1.29 is 22.4 Å². The van der Waals surface area contributed by atoms with E-state index in [0.29, 0.717) is 18.5 Å². The topological polar surface area (TPSA) is 64.7 Å². The van der Waals surface area contributed by atoms with Crippen LogP contribution >= 0.6 is 39.1 Å². The van der Waals surface area contributed by atoms with Crippen LogP contribution in [0, 0.1) is 5.82 Å². The molecular weight excluding hydrogens is 553 g/mol. The van der Waals surface area contributed by atoms with Gasteiger partial charge in [0.05, 0.1) is 16.7 Å². The Morgan fingerprint density at radius 1 is 1.27 bits per heavy atom. The second-order valence-corrected chi connectivity index (χ2v) is 9.26. The van der Waals surface area contributed by atoms with Crippen molar-refractivity contribution in [3.8, 4) is 0 Å². The molecule has 3 aromatic rings. The van der Waals surface area contributed by atoms with Gasteiger partial charge in [0.1, 0.15) is 16.9 Å². The number of alkyl halides is 3. The molecule has 0 bridgehead atoms. The van der Waals surface area contributed by atoms with E-state index in [1.54, 1.807) is 0 Å². The number of nitrogens with zero attached hydrogens (tertiary/aromatic N) is 4. The number of rotatable bonds is 6. The van der Waals surface area contributed by atoms with Gasteiger partial charge in [-0.25, -0.2) is 4.39 Å². The molecule has 1 atom stereocenters. The van der Waals surface area contributed by atoms with Crippen molar-refractivity contribution >= 4 is 50.9 Å². The average molecular weight is 569 g/mol. The number of carbonyl (C=O) groups is 1. The molecule has 0 radical (unpaired) electrons. The van der Waals surface area contributed by atoms with Crippen molar-refractivity contribution in [1.82, 2.24) is 19.6 Å². The first kappa shape index (κ1) is 24.0. The highest BCUT2D eigenvalue weighted by atomic mass is 79.9. The standard InChI is InChI=1S/C20H16BrCl2F4N5O/c1-9(32-16(10-5-6-10)15(21)17(29-32)20(25,26)27)19(33)28-18-13(23)8-31(30-18)7-11-12(22)3-2-4-14(11)24/h2-4,8-10H,5-7H2,1H3,(H,28,30,33). The molecule has 1 unspecified atom stereocenters. The summed E-state index contributed by atoms with van der Waals surface area (Å²) in [4.78, 5) is 12.8. The van der Waals surface area contributed by atoms with Crippen LogP contribution in [0.5, 0.6) is 0 Å². The van der Waals surface area contributed by atoms with Gasteiger partial charge in [-0.1, -0.05) is 29.3 Å². The van der Waals surface area contributed by atoms with Gasteiger partial charge >= 0.3 is 6.18 Å². The highest BCUT2D eigenvalue weighted by molar-refractivity contribution is 9.10. The zero-order chi connectivity index (χ0) is 24.1. The predicted octanol–water partition coefficient (Wildman–Crippen LogP) is 6.43. The van der Waals surface area contributed by atoms with Gasteiger partial charge in [-0.15, -0.1) is 0 Å². The normalized spacial score (nSPS) is 15.0. The van der Waals surface area contributed by atoms with E-state index in [0.717, 1.165) is 4.68 Å². The molecule has 4 rings (SSSR count). The van der Waals surface area contributed by atoms with Crippen LogP contribution in [-0.2, 0) is 17.5 Å². The minimum absolute atomic E-state index is 0.0174. The summed E-state index contributed by atoms with van der Waals surface area (Å²) in [5, 5.41) is 10.6. The van der Waals surface area contributed by atoms with Crippen molar-refractivity contribution in [1.29, 1.82) is 0 Å². The maximum Gasteiger partial charge on any atom is 0.436 e. The first-order chi connectivity index (χ1) is 15.5. The summed E-state index contributed by atoms with van der Waals surface area (Å²) in [6.45, 7) is 1.40. The molecule has 1 aliphatic rings. The van der Waals surface area contributed by atoms with Crippen molar-refractivity contribution in [3.63, 3.8) is 0 Å². The first-order valence-corrected chi connectivity index (χ1v) is 11.3. The molecule has 1 saturated carbocycles. The molecular formula is C20H16BrCl2F4N5O. The first-order valence-electron chi connectivity index (χ1n) is 9.79. The second kappa shape index (κ2) is 8.92. The van der Waals surface area contributed by atoms with Crippen molar-refractivity contribution in [3.05, 3.63) is 61.7 Å². The number of amides is 1. The van der Waals surface area contributed by atoms with E-state index < -0.39 is 29.6 Å². The number of hydrogen-bond donors (Lipinski definition) is 1. The Hall–Kier alpha value is -2.11. The van der Waals surface area contributed by atoms with E-state index in [2.05, 4.69) is 31.4 Å². The zero-order valence-corrected chi connectivity index (χ0v) is 20.0. The largest absolute Gasteiger partial charge is 0.436 e. The van der Waals surface area contributed by atoms with Gasteiger partial charge in [0, 0.05) is 22.7 Å². The fraction of sp³-hybridized carbons (Fsp3) is 0.350. The maximum absolute atomic E-state index is 14.1. The van der Waals surface area contributed by atoms with Crippen molar-refractivity contribution in [2.45, 2.75) is 44.4 Å². The molecule has 33 heavy (non-hydrogen) atoms. The van der Waals surface area contributed by atoms with Gasteiger partial charge in [0.25, 0.3) is 0 Å². The Balaban J connectivity index is 1.56. The molecule has 1 amide bonds. The third kappa shape index (κ3) is 4.90. The Kier molecular flexibility index (Phi) is 6.49. The fourth-order valence-corrected chi connectivity index (χ4v) is 4.60. The van der Waals surface area contributed by atoms with Gasteiger partial charge in [-0.3, -0.25) is 14.2 Å². The summed E-state index contributed by atoms with van der Waals surface area (Å²) in [5.41, 5.74) is -0.552. The number of benzene rings is 1. The fourth-order valence-electron chi connectivity index (χ4n) is 3.37.